The minimum Gasteiger partial charge on any atom is -0.426 e. The van der Waals surface area contributed by atoms with Gasteiger partial charge in [0.1, 0.15) is 6.04 Å². The number of hydrogen-bond donors (Lipinski definition) is 4. The highest BCUT2D eigenvalue weighted by molar-refractivity contribution is 6.43. The first kappa shape index (κ1) is 19.2. The zero-order chi connectivity index (χ0) is 17.1. The topological polar surface area (TPSA) is 108 Å². The van der Waals surface area contributed by atoms with Gasteiger partial charge in [0.15, 0.2) is 0 Å². The van der Waals surface area contributed by atoms with Crippen LogP contribution in [0.1, 0.15) is 18.4 Å². The number of benzene rings is 1. The second-order valence-corrected chi connectivity index (χ2v) is 5.20. The van der Waals surface area contributed by atoms with Gasteiger partial charge in [-0.3, -0.25) is 9.59 Å². The minimum absolute atomic E-state index is 0.00281. The van der Waals surface area contributed by atoms with Gasteiger partial charge in [-0.25, -0.2) is 0 Å². The molecule has 126 valence electrons. The first-order valence-corrected chi connectivity index (χ1v) is 7.47. The van der Waals surface area contributed by atoms with Crippen LogP contribution in [0.4, 0.5) is 0 Å². The van der Waals surface area contributed by atoms with Crippen molar-refractivity contribution in [1.82, 2.24) is 10.6 Å². The fourth-order valence-corrected chi connectivity index (χ4v) is 2.20. The Hall–Kier alpha value is -1.90. The van der Waals surface area contributed by atoms with Crippen LogP contribution in [0.3, 0.4) is 0 Å². The molecule has 0 spiro atoms. The Morgan fingerprint density at radius 3 is 2.61 bits per heavy atom. The molecule has 0 aliphatic heterocycles. The number of amides is 2. The van der Waals surface area contributed by atoms with Crippen LogP contribution in [0.5, 0.6) is 0 Å². The number of methoxy groups -OCH3 is 1. The normalized spacial score (nSPS) is 13.0. The fraction of sp³-hybridized carbons (Fsp3) is 0.467. The predicted octanol–water partition coefficient (Wildman–Crippen LogP) is -0.733. The maximum absolute atomic E-state index is 12.0. The summed E-state index contributed by atoms with van der Waals surface area (Å²) in [5.74, 6) is -1.32. The lowest BCUT2D eigenvalue weighted by Crippen LogP contribution is -2.54. The van der Waals surface area contributed by atoms with E-state index < -0.39 is 25.0 Å². The van der Waals surface area contributed by atoms with Gasteiger partial charge in [-0.2, -0.15) is 0 Å². The van der Waals surface area contributed by atoms with E-state index in [1.54, 1.807) is 0 Å². The molecule has 1 aromatic rings. The van der Waals surface area contributed by atoms with Crippen molar-refractivity contribution >= 4 is 19.4 Å². The summed E-state index contributed by atoms with van der Waals surface area (Å²) in [7, 11) is -0.264. The molecule has 0 heterocycles. The van der Waals surface area contributed by atoms with Gasteiger partial charge in [0, 0.05) is 7.11 Å². The lowest BCUT2D eigenvalue weighted by molar-refractivity contribution is -0.127. The Morgan fingerprint density at radius 2 is 2.04 bits per heavy atom. The summed E-state index contributed by atoms with van der Waals surface area (Å²) in [6.45, 7) is 0.00281. The number of nitrogens with one attached hydrogen (secondary N) is 2. The van der Waals surface area contributed by atoms with Crippen molar-refractivity contribution in [3.05, 3.63) is 35.9 Å². The Labute approximate surface area is 136 Å². The first-order valence-electron chi connectivity index (χ1n) is 7.47. The number of ether oxygens (including phenoxy) is 1. The molecule has 4 N–H and O–H groups in total. The molecule has 1 rings (SSSR count). The molecule has 0 fully saturated rings. The quantitative estimate of drug-likeness (QED) is 0.317. The van der Waals surface area contributed by atoms with E-state index in [9.17, 15) is 19.6 Å². The van der Waals surface area contributed by atoms with Gasteiger partial charge in [-0.05, 0) is 24.8 Å². The molecule has 0 aliphatic rings. The largest absolute Gasteiger partial charge is 0.475 e. The van der Waals surface area contributed by atoms with Crippen LogP contribution in [0.25, 0.3) is 0 Å². The summed E-state index contributed by atoms with van der Waals surface area (Å²) < 4.78 is 4.85. The summed E-state index contributed by atoms with van der Waals surface area (Å²) >= 11 is 0. The summed E-state index contributed by atoms with van der Waals surface area (Å²) in [6, 6.07) is 8.93. The lowest BCUT2D eigenvalue weighted by Gasteiger charge is -2.21. The Morgan fingerprint density at radius 1 is 1.35 bits per heavy atom. The van der Waals surface area contributed by atoms with Gasteiger partial charge in [-0.15, -0.1) is 0 Å². The van der Waals surface area contributed by atoms with Crippen molar-refractivity contribution in [2.75, 3.05) is 13.7 Å². The second-order valence-electron chi connectivity index (χ2n) is 5.20. The zero-order valence-electron chi connectivity index (χ0n) is 13.1. The van der Waals surface area contributed by atoms with Gasteiger partial charge < -0.3 is 25.4 Å². The van der Waals surface area contributed by atoms with E-state index in [-0.39, 0.29) is 6.61 Å². The number of hydrogen-bond acceptors (Lipinski definition) is 5. The average molecular weight is 322 g/mol. The third-order valence-corrected chi connectivity index (χ3v) is 3.43. The van der Waals surface area contributed by atoms with Gasteiger partial charge in [-0.1, -0.05) is 30.3 Å². The number of carbonyl (C=O) groups excluding carboxylic acids is 2. The highest BCUT2D eigenvalue weighted by Gasteiger charge is 2.28. The molecule has 0 radical (unpaired) electrons. The Balaban J connectivity index is 2.50. The maximum atomic E-state index is 12.0. The van der Waals surface area contributed by atoms with Gasteiger partial charge >= 0.3 is 7.12 Å². The Bertz CT molecular complexity index is 472. The van der Waals surface area contributed by atoms with Crippen LogP contribution in [0.2, 0.25) is 0 Å². The Kier molecular flexibility index (Phi) is 8.97. The van der Waals surface area contributed by atoms with E-state index in [4.69, 9.17) is 4.74 Å². The van der Waals surface area contributed by atoms with Crippen LogP contribution in [0.15, 0.2) is 30.3 Å². The van der Waals surface area contributed by atoms with E-state index in [1.165, 1.54) is 7.11 Å². The molecule has 2 atom stereocenters. The molecule has 8 heteroatoms. The van der Waals surface area contributed by atoms with Crippen molar-refractivity contribution < 1.29 is 24.4 Å². The van der Waals surface area contributed by atoms with Crippen LogP contribution < -0.4 is 10.6 Å². The predicted molar refractivity (Wildman–Crippen MR) is 86.4 cm³/mol. The summed E-state index contributed by atoms with van der Waals surface area (Å²) in [5.41, 5.74) is 1.14. The summed E-state index contributed by atoms with van der Waals surface area (Å²) in [5, 5.41) is 23.7. The molecular weight excluding hydrogens is 299 g/mol. The van der Waals surface area contributed by atoms with Gasteiger partial charge in [0.25, 0.3) is 0 Å². The average Bonchev–Trinajstić information content (AvgIpc) is 2.54. The number of aryl methyl sites for hydroxylation is 1. The molecule has 0 saturated heterocycles. The molecule has 0 saturated carbocycles. The number of carbonyl (C=O) groups is 2. The SMILES string of the molecule is COCC(NC=O)C(=O)NC(CCCc1ccccc1)B(O)O. The first-order chi connectivity index (χ1) is 11.1. The van der Waals surface area contributed by atoms with Crippen LogP contribution in [0, 0.1) is 0 Å². The third kappa shape index (κ3) is 7.27. The highest BCUT2D eigenvalue weighted by atomic mass is 16.5. The molecule has 2 amide bonds. The van der Waals surface area contributed by atoms with Crippen molar-refractivity contribution in [2.24, 2.45) is 0 Å². The van der Waals surface area contributed by atoms with Gasteiger partial charge in [0.05, 0.1) is 12.5 Å². The summed E-state index contributed by atoms with van der Waals surface area (Å²) in [6.07, 6.45) is 2.26. The second kappa shape index (κ2) is 10.8. The van der Waals surface area contributed by atoms with E-state index in [1.807, 2.05) is 30.3 Å². The molecule has 2 unspecified atom stereocenters. The zero-order valence-corrected chi connectivity index (χ0v) is 13.1. The third-order valence-electron chi connectivity index (χ3n) is 3.43. The lowest BCUT2D eigenvalue weighted by atomic mass is 9.76. The van der Waals surface area contributed by atoms with Crippen LogP contribution >= 0.6 is 0 Å². The molecule has 1 aromatic carbocycles. The highest BCUT2D eigenvalue weighted by Crippen LogP contribution is 2.07. The van der Waals surface area contributed by atoms with Crippen molar-refractivity contribution in [2.45, 2.75) is 31.2 Å². The number of rotatable bonds is 11. The molecule has 0 aliphatic carbocycles. The van der Waals surface area contributed by atoms with E-state index >= 15 is 0 Å². The monoisotopic (exact) mass is 322 g/mol. The maximum Gasteiger partial charge on any atom is 0.475 e. The molecule has 0 aromatic heterocycles. The van der Waals surface area contributed by atoms with Crippen molar-refractivity contribution in [1.29, 1.82) is 0 Å². The van der Waals surface area contributed by atoms with Gasteiger partial charge in [0.2, 0.25) is 12.3 Å². The molecular formula is C15H23BN2O5. The molecule has 23 heavy (non-hydrogen) atoms. The molecule has 0 bridgehead atoms. The summed E-state index contributed by atoms with van der Waals surface area (Å²) in [4.78, 5) is 22.5. The smallest absolute Gasteiger partial charge is 0.426 e. The minimum atomic E-state index is -1.67. The standard InChI is InChI=1S/C15H23BN2O5/c1-23-10-13(17-11-19)15(20)18-14(16(21)22)9-5-8-12-6-3-2-4-7-12/h2-4,6-7,11,13-14,21-22H,5,8-10H2,1H3,(H,17,19)(H,18,20). The van der Waals surface area contributed by atoms with E-state index in [2.05, 4.69) is 10.6 Å². The van der Waals surface area contributed by atoms with E-state index in [0.717, 1.165) is 12.0 Å². The van der Waals surface area contributed by atoms with Crippen molar-refractivity contribution in [3.63, 3.8) is 0 Å². The van der Waals surface area contributed by atoms with Crippen LogP contribution in [-0.2, 0) is 20.7 Å². The van der Waals surface area contributed by atoms with Crippen molar-refractivity contribution in [3.8, 4) is 0 Å². The van der Waals surface area contributed by atoms with E-state index in [0.29, 0.717) is 19.3 Å². The fourth-order valence-electron chi connectivity index (χ4n) is 2.20. The van der Waals surface area contributed by atoms with Crippen LogP contribution in [-0.4, -0.2) is 55.2 Å². The molecule has 7 nitrogen and oxygen atoms in total.